The van der Waals surface area contributed by atoms with Crippen molar-refractivity contribution in [3.8, 4) is 0 Å². The van der Waals surface area contributed by atoms with Crippen LogP contribution in [-0.2, 0) is 6.54 Å². The number of allylic oxidation sites excluding steroid dienone is 4. The molecule has 5 aromatic carbocycles. The first-order valence-corrected chi connectivity index (χ1v) is 17.1. The smallest absolute Gasteiger partial charge is 0.129 e. The average Bonchev–Trinajstić information content (AvgIpc) is 3.47. The van der Waals surface area contributed by atoms with Crippen LogP contribution in [0.5, 0.6) is 0 Å². The Labute approximate surface area is 281 Å². The third kappa shape index (κ3) is 6.84. The van der Waals surface area contributed by atoms with Gasteiger partial charge in [-0.3, -0.25) is 4.99 Å². The zero-order valence-corrected chi connectivity index (χ0v) is 27.7. The maximum Gasteiger partial charge on any atom is 0.129 e. The van der Waals surface area contributed by atoms with Crippen molar-refractivity contribution in [3.63, 3.8) is 0 Å². The first-order chi connectivity index (χ1) is 23.0. The largest absolute Gasteiger partial charge is 0.360 e. The number of rotatable bonds is 9. The van der Waals surface area contributed by atoms with Crippen LogP contribution in [0.1, 0.15) is 47.2 Å². The molecule has 2 unspecified atom stereocenters. The summed E-state index contributed by atoms with van der Waals surface area (Å²) in [6, 6.07) is 40.9. The predicted molar refractivity (Wildman–Crippen MR) is 204 cm³/mol. The van der Waals surface area contributed by atoms with Gasteiger partial charge in [-0.15, -0.1) is 17.9 Å². The number of anilines is 2. The van der Waals surface area contributed by atoms with Gasteiger partial charge in [-0.25, -0.2) is 0 Å². The third-order valence-corrected chi connectivity index (χ3v) is 9.94. The van der Waals surface area contributed by atoms with E-state index in [1.54, 1.807) is 0 Å². The number of thiophene rings is 1. The van der Waals surface area contributed by atoms with E-state index in [4.69, 9.17) is 4.99 Å². The molecule has 1 heterocycles. The molecule has 0 saturated carbocycles. The van der Waals surface area contributed by atoms with Gasteiger partial charge in [0, 0.05) is 42.7 Å². The average molecular weight is 630 g/mol. The summed E-state index contributed by atoms with van der Waals surface area (Å²) in [6.45, 7) is 9.05. The van der Waals surface area contributed by atoms with E-state index in [0.717, 1.165) is 40.3 Å². The lowest BCUT2D eigenvalue weighted by Crippen LogP contribution is -2.28. The van der Waals surface area contributed by atoms with Gasteiger partial charge in [0.2, 0.25) is 0 Å². The number of amidine groups is 1. The number of nitrogens with zero attached hydrogens (tertiary/aromatic N) is 1. The molecule has 7 rings (SSSR count). The molecule has 47 heavy (non-hydrogen) atoms. The van der Waals surface area contributed by atoms with E-state index < -0.39 is 0 Å². The number of hydrogen-bond donors (Lipinski definition) is 2. The first-order valence-electron chi connectivity index (χ1n) is 16.3. The van der Waals surface area contributed by atoms with Crippen LogP contribution in [-0.4, -0.2) is 5.84 Å². The Bertz CT molecular complexity index is 2120. The highest BCUT2D eigenvalue weighted by atomic mass is 32.1. The van der Waals surface area contributed by atoms with Crippen LogP contribution in [0, 0.1) is 12.8 Å². The summed E-state index contributed by atoms with van der Waals surface area (Å²) in [5, 5.41) is 10.0. The second-order valence-electron chi connectivity index (χ2n) is 12.4. The normalized spacial score (nSPS) is 15.4. The van der Waals surface area contributed by atoms with Gasteiger partial charge in [0.15, 0.2) is 0 Å². The van der Waals surface area contributed by atoms with Gasteiger partial charge in [0.25, 0.3) is 0 Å². The molecule has 0 fully saturated rings. The Hall–Kier alpha value is -5.19. The van der Waals surface area contributed by atoms with Crippen molar-refractivity contribution in [3.05, 3.63) is 174 Å². The van der Waals surface area contributed by atoms with E-state index in [-0.39, 0.29) is 6.04 Å². The molecule has 0 spiro atoms. The molecular formula is C43H39N3S. The maximum absolute atomic E-state index is 5.08. The SMILES string of the molecule is C=CC(NC(=NCc1ccc(Nc2cc3c(cc2C2=CC=CC(C)C2)sc2ccccc23)cc1)c1ccc(C)cc1)c1ccccc1. The Morgan fingerprint density at radius 3 is 2.43 bits per heavy atom. The Balaban J connectivity index is 1.17. The molecule has 3 nitrogen and oxygen atoms in total. The highest BCUT2D eigenvalue weighted by Crippen LogP contribution is 2.41. The molecule has 0 saturated heterocycles. The Kier molecular flexibility index (Phi) is 8.85. The summed E-state index contributed by atoms with van der Waals surface area (Å²) in [4.78, 5) is 5.08. The van der Waals surface area contributed by atoms with Gasteiger partial charge < -0.3 is 10.6 Å². The van der Waals surface area contributed by atoms with Crippen LogP contribution in [0.15, 0.2) is 151 Å². The topological polar surface area (TPSA) is 36.4 Å². The van der Waals surface area contributed by atoms with E-state index >= 15 is 0 Å². The molecular weight excluding hydrogens is 591 g/mol. The fourth-order valence-electron chi connectivity index (χ4n) is 6.22. The molecule has 1 aliphatic rings. The van der Waals surface area contributed by atoms with Crippen molar-refractivity contribution in [1.82, 2.24) is 5.32 Å². The van der Waals surface area contributed by atoms with E-state index in [9.17, 15) is 0 Å². The number of hydrogen-bond acceptors (Lipinski definition) is 3. The molecule has 1 aromatic heterocycles. The van der Waals surface area contributed by atoms with Crippen molar-refractivity contribution >= 4 is 54.3 Å². The predicted octanol–water partition coefficient (Wildman–Crippen LogP) is 11.5. The summed E-state index contributed by atoms with van der Waals surface area (Å²) in [5.41, 5.74) is 9.43. The molecule has 1 aliphatic carbocycles. The fraction of sp³-hybridized carbons (Fsp3) is 0.140. The minimum atomic E-state index is -0.0486. The van der Waals surface area contributed by atoms with Gasteiger partial charge in [-0.2, -0.15) is 0 Å². The highest BCUT2D eigenvalue weighted by Gasteiger charge is 2.17. The fourth-order valence-corrected chi connectivity index (χ4v) is 7.35. The molecule has 0 radical (unpaired) electrons. The minimum Gasteiger partial charge on any atom is -0.360 e. The van der Waals surface area contributed by atoms with Crippen LogP contribution in [0.3, 0.4) is 0 Å². The zero-order valence-electron chi connectivity index (χ0n) is 26.9. The first kappa shape index (κ1) is 30.5. The molecule has 2 atom stereocenters. The molecule has 2 N–H and O–H groups in total. The number of aliphatic imine (C=N–C) groups is 1. The molecule has 232 valence electrons. The summed E-state index contributed by atoms with van der Waals surface area (Å²) in [6.07, 6.45) is 9.73. The Morgan fingerprint density at radius 1 is 0.894 bits per heavy atom. The van der Waals surface area contributed by atoms with Gasteiger partial charge in [0.05, 0.1) is 12.6 Å². The number of benzene rings is 5. The maximum atomic E-state index is 5.08. The molecule has 6 aromatic rings. The second kappa shape index (κ2) is 13.7. The van der Waals surface area contributed by atoms with Crippen molar-refractivity contribution < 1.29 is 0 Å². The number of aryl methyl sites for hydroxylation is 1. The molecule has 4 heteroatoms. The monoisotopic (exact) mass is 629 g/mol. The third-order valence-electron chi connectivity index (χ3n) is 8.81. The van der Waals surface area contributed by atoms with Crippen LogP contribution in [0.4, 0.5) is 11.4 Å². The number of fused-ring (bicyclic) bond motifs is 3. The second-order valence-corrected chi connectivity index (χ2v) is 13.5. The van der Waals surface area contributed by atoms with Crippen LogP contribution in [0.2, 0.25) is 0 Å². The van der Waals surface area contributed by atoms with E-state index in [0.29, 0.717) is 12.5 Å². The van der Waals surface area contributed by atoms with E-state index in [1.807, 2.05) is 23.5 Å². The van der Waals surface area contributed by atoms with Gasteiger partial charge in [-0.1, -0.05) is 122 Å². The Morgan fingerprint density at radius 2 is 1.66 bits per heavy atom. The molecule has 0 aliphatic heterocycles. The van der Waals surface area contributed by atoms with Gasteiger partial charge >= 0.3 is 0 Å². The van der Waals surface area contributed by atoms with Crippen LogP contribution in [0.25, 0.3) is 25.7 Å². The summed E-state index contributed by atoms with van der Waals surface area (Å²) >= 11 is 1.87. The van der Waals surface area contributed by atoms with Crippen molar-refractivity contribution in [2.75, 3.05) is 5.32 Å². The van der Waals surface area contributed by atoms with Gasteiger partial charge in [0.1, 0.15) is 5.84 Å². The van der Waals surface area contributed by atoms with Crippen molar-refractivity contribution in [1.29, 1.82) is 0 Å². The lowest BCUT2D eigenvalue weighted by molar-refractivity contribution is 0.749. The summed E-state index contributed by atoms with van der Waals surface area (Å²) in [5.74, 6) is 1.38. The van der Waals surface area contributed by atoms with Crippen molar-refractivity contribution in [2.45, 2.75) is 32.9 Å². The number of nitrogens with one attached hydrogen (secondary N) is 2. The van der Waals surface area contributed by atoms with E-state index in [1.165, 1.54) is 36.9 Å². The van der Waals surface area contributed by atoms with Crippen LogP contribution < -0.4 is 10.6 Å². The lowest BCUT2D eigenvalue weighted by atomic mass is 9.89. The standard InChI is InChI=1S/C43H39N3S/c1-4-39(32-12-6-5-7-13-32)46-43(33-21-17-29(2)18-22-33)44-28-31-19-23-35(24-20-31)45-40-26-38-36-15-8-9-16-41(36)47-42(38)27-37(40)34-14-10-11-30(3)25-34/h4-24,26-27,30,39,45H,1,25,28H2,2-3H3,(H,44,46). The highest BCUT2D eigenvalue weighted by molar-refractivity contribution is 7.25. The quantitative estimate of drug-likeness (QED) is 0.0948. The molecule has 0 amide bonds. The lowest BCUT2D eigenvalue weighted by Gasteiger charge is -2.20. The van der Waals surface area contributed by atoms with Crippen molar-refractivity contribution in [2.24, 2.45) is 10.9 Å². The zero-order chi connectivity index (χ0) is 32.2. The van der Waals surface area contributed by atoms with Crippen LogP contribution >= 0.6 is 11.3 Å². The summed E-state index contributed by atoms with van der Waals surface area (Å²) < 4.78 is 2.65. The minimum absolute atomic E-state index is 0.0486. The molecule has 0 bridgehead atoms. The summed E-state index contributed by atoms with van der Waals surface area (Å²) in [7, 11) is 0. The van der Waals surface area contributed by atoms with E-state index in [2.05, 4.69) is 158 Å². The van der Waals surface area contributed by atoms with Gasteiger partial charge in [-0.05, 0) is 66.3 Å².